The summed E-state index contributed by atoms with van der Waals surface area (Å²) < 4.78 is 26.9. The molecule has 0 radical (unpaired) electrons. The van der Waals surface area contributed by atoms with E-state index in [-0.39, 0.29) is 23.1 Å². The smallest absolute Gasteiger partial charge is 0.262 e. The minimum absolute atomic E-state index is 0.0845. The summed E-state index contributed by atoms with van der Waals surface area (Å²) in [5.41, 5.74) is 4.18. The molecule has 230 valence electrons. The zero-order valence-corrected chi connectivity index (χ0v) is 25.7. The Kier molecular flexibility index (Phi) is 10.4. The van der Waals surface area contributed by atoms with E-state index >= 15 is 0 Å². The molecule has 1 aliphatic heterocycles. The number of aryl methyl sites for hydroxylation is 3. The van der Waals surface area contributed by atoms with Gasteiger partial charge >= 0.3 is 0 Å². The first-order valence-electron chi connectivity index (χ1n) is 15.3. The van der Waals surface area contributed by atoms with Gasteiger partial charge in [-0.15, -0.1) is 0 Å². The Hall–Kier alpha value is -4.50. The van der Waals surface area contributed by atoms with Crippen molar-refractivity contribution in [2.45, 2.75) is 52.9 Å². The summed E-state index contributed by atoms with van der Waals surface area (Å²) in [6, 6.07) is 18.1. The lowest BCUT2D eigenvalue weighted by Crippen LogP contribution is -2.31. The molecule has 0 unspecified atom stereocenters. The monoisotopic (exact) mass is 597 g/mol. The number of hydrogen-bond donors (Lipinski definition) is 2. The highest BCUT2D eigenvalue weighted by molar-refractivity contribution is 6.06. The molecular weight excluding hydrogens is 557 g/mol. The number of amides is 1. The van der Waals surface area contributed by atoms with Gasteiger partial charge in [0, 0.05) is 30.2 Å². The maximum Gasteiger partial charge on any atom is 0.262 e. The van der Waals surface area contributed by atoms with Crippen molar-refractivity contribution in [2.75, 3.05) is 36.9 Å². The van der Waals surface area contributed by atoms with Crippen LogP contribution in [0.1, 0.15) is 59.7 Å². The first-order valence-corrected chi connectivity index (χ1v) is 15.3. The molecule has 0 saturated carbocycles. The van der Waals surface area contributed by atoms with Crippen molar-refractivity contribution in [3.8, 4) is 17.4 Å². The number of benzene rings is 3. The fourth-order valence-electron chi connectivity index (χ4n) is 5.33. The number of halogens is 1. The topological polar surface area (TPSA) is 88.6 Å². The number of hydrogen-bond acceptors (Lipinski definition) is 7. The third-order valence-corrected chi connectivity index (χ3v) is 7.79. The summed E-state index contributed by atoms with van der Waals surface area (Å²) in [7, 11) is 0. The number of nitrogens with one attached hydrogen (secondary N) is 2. The molecule has 3 aromatic carbocycles. The third-order valence-electron chi connectivity index (χ3n) is 7.79. The molecule has 1 aliphatic rings. The highest BCUT2D eigenvalue weighted by Crippen LogP contribution is 2.30. The van der Waals surface area contributed by atoms with Gasteiger partial charge in [-0.25, -0.2) is 9.37 Å². The van der Waals surface area contributed by atoms with Crippen LogP contribution in [0.2, 0.25) is 0 Å². The molecule has 1 amide bonds. The Labute approximate surface area is 258 Å². The van der Waals surface area contributed by atoms with Gasteiger partial charge in [-0.3, -0.25) is 4.79 Å². The number of aromatic nitrogens is 2. The van der Waals surface area contributed by atoms with E-state index in [9.17, 15) is 9.18 Å². The Morgan fingerprint density at radius 3 is 2.50 bits per heavy atom. The SMILES string of the molecule is CCc1ccccc1Oc1nc(Nc2ccc(OCCCN3CCCCC3)c(F)c2)ncc1C(=O)Nc1c(C)cccc1C. The average molecular weight is 598 g/mol. The average Bonchev–Trinajstić information content (AvgIpc) is 3.03. The van der Waals surface area contributed by atoms with Crippen LogP contribution < -0.4 is 20.1 Å². The molecule has 0 atom stereocenters. The summed E-state index contributed by atoms with van der Waals surface area (Å²) in [6.07, 6.45) is 6.80. The lowest BCUT2D eigenvalue weighted by molar-refractivity contribution is 0.102. The normalized spacial score (nSPS) is 13.4. The zero-order chi connectivity index (χ0) is 30.9. The van der Waals surface area contributed by atoms with Crippen LogP contribution in [0.15, 0.2) is 66.9 Å². The van der Waals surface area contributed by atoms with Crippen molar-refractivity contribution in [3.63, 3.8) is 0 Å². The standard InChI is InChI=1S/C35H40FN5O3/c1-4-26-14-6-7-15-30(26)44-34-28(33(42)39-32-24(2)12-10-13-25(32)3)23-37-35(40-34)38-27-16-17-31(29(36)22-27)43-21-11-20-41-18-8-5-9-19-41/h6-7,10,12-17,22-23H,4-5,8-9,11,18-21H2,1-3H3,(H,39,42)(H,37,38,40). The third kappa shape index (κ3) is 7.90. The van der Waals surface area contributed by atoms with Gasteiger partial charge in [0.2, 0.25) is 11.8 Å². The van der Waals surface area contributed by atoms with Crippen LogP contribution >= 0.6 is 0 Å². The van der Waals surface area contributed by atoms with Crippen molar-refractivity contribution >= 4 is 23.2 Å². The van der Waals surface area contributed by atoms with Crippen LogP contribution in [-0.4, -0.2) is 47.0 Å². The molecule has 0 bridgehead atoms. The van der Waals surface area contributed by atoms with Crippen LogP contribution in [0, 0.1) is 19.7 Å². The van der Waals surface area contributed by atoms with Crippen molar-refractivity contribution in [3.05, 3.63) is 94.9 Å². The van der Waals surface area contributed by atoms with E-state index < -0.39 is 11.7 Å². The maximum absolute atomic E-state index is 14.9. The molecule has 0 aliphatic carbocycles. The Morgan fingerprint density at radius 1 is 0.977 bits per heavy atom. The van der Waals surface area contributed by atoms with Gasteiger partial charge in [0.05, 0.1) is 6.61 Å². The van der Waals surface area contributed by atoms with Crippen molar-refractivity contribution < 1.29 is 18.7 Å². The van der Waals surface area contributed by atoms with Gasteiger partial charge in [0.25, 0.3) is 5.91 Å². The summed E-state index contributed by atoms with van der Waals surface area (Å²) in [4.78, 5) is 24.8. The molecule has 1 fully saturated rings. The number of anilines is 3. The van der Waals surface area contributed by atoms with Gasteiger partial charge in [0.15, 0.2) is 11.6 Å². The summed E-state index contributed by atoms with van der Waals surface area (Å²) in [6.45, 7) is 9.58. The van der Waals surface area contributed by atoms with E-state index in [1.54, 1.807) is 12.1 Å². The number of carbonyl (C=O) groups excluding carboxylic acids is 1. The molecule has 9 heteroatoms. The van der Waals surface area contributed by atoms with Gasteiger partial charge in [-0.05, 0) is 87.5 Å². The van der Waals surface area contributed by atoms with E-state index in [0.717, 1.165) is 54.9 Å². The summed E-state index contributed by atoms with van der Waals surface area (Å²) in [5, 5.41) is 6.02. The van der Waals surface area contributed by atoms with Crippen LogP contribution in [0.25, 0.3) is 0 Å². The van der Waals surface area contributed by atoms with Gasteiger partial charge in [-0.1, -0.05) is 49.7 Å². The van der Waals surface area contributed by atoms with Crippen molar-refractivity contribution in [2.24, 2.45) is 0 Å². The molecular formula is C35H40FN5O3. The molecule has 8 nitrogen and oxygen atoms in total. The predicted octanol–water partition coefficient (Wildman–Crippen LogP) is 7.84. The molecule has 1 aromatic heterocycles. The Bertz CT molecular complexity index is 1570. The minimum Gasteiger partial charge on any atom is -0.490 e. The van der Waals surface area contributed by atoms with Gasteiger partial charge in [-0.2, -0.15) is 4.98 Å². The second kappa shape index (κ2) is 14.8. The highest BCUT2D eigenvalue weighted by Gasteiger charge is 2.20. The number of ether oxygens (including phenoxy) is 2. The molecule has 1 saturated heterocycles. The molecule has 2 N–H and O–H groups in total. The van der Waals surface area contributed by atoms with E-state index in [1.165, 1.54) is 31.5 Å². The zero-order valence-electron chi connectivity index (χ0n) is 25.7. The fourth-order valence-corrected chi connectivity index (χ4v) is 5.33. The summed E-state index contributed by atoms with van der Waals surface area (Å²) in [5.74, 6) is 0.160. The fraction of sp³-hybridized carbons (Fsp3) is 0.343. The molecule has 0 spiro atoms. The maximum atomic E-state index is 14.9. The Balaban J connectivity index is 1.32. The number of rotatable bonds is 12. The second-order valence-electron chi connectivity index (χ2n) is 11.1. The van der Waals surface area contributed by atoms with Crippen molar-refractivity contribution in [1.82, 2.24) is 14.9 Å². The molecule has 2 heterocycles. The van der Waals surface area contributed by atoms with Crippen LogP contribution in [-0.2, 0) is 6.42 Å². The van der Waals surface area contributed by atoms with Crippen LogP contribution in [0.5, 0.6) is 17.4 Å². The van der Waals surface area contributed by atoms with Crippen LogP contribution in [0.3, 0.4) is 0 Å². The first kappa shape index (κ1) is 30.9. The second-order valence-corrected chi connectivity index (χ2v) is 11.1. The number of carbonyl (C=O) groups is 1. The Morgan fingerprint density at radius 2 is 1.75 bits per heavy atom. The van der Waals surface area contributed by atoms with E-state index in [1.807, 2.05) is 63.2 Å². The largest absolute Gasteiger partial charge is 0.490 e. The lowest BCUT2D eigenvalue weighted by Gasteiger charge is -2.26. The van der Waals surface area contributed by atoms with E-state index in [0.29, 0.717) is 18.0 Å². The van der Waals surface area contributed by atoms with Crippen molar-refractivity contribution in [1.29, 1.82) is 0 Å². The summed E-state index contributed by atoms with van der Waals surface area (Å²) >= 11 is 0. The number of para-hydroxylation sites is 2. The predicted molar refractivity (Wildman–Crippen MR) is 172 cm³/mol. The molecule has 5 rings (SSSR count). The van der Waals surface area contributed by atoms with E-state index in [4.69, 9.17) is 9.47 Å². The molecule has 4 aromatic rings. The number of nitrogens with zero attached hydrogens (tertiary/aromatic N) is 3. The first-order chi connectivity index (χ1) is 21.4. The van der Waals surface area contributed by atoms with Gasteiger partial charge in [0.1, 0.15) is 11.3 Å². The van der Waals surface area contributed by atoms with Gasteiger partial charge < -0.3 is 25.0 Å². The number of likely N-dealkylation sites (tertiary alicyclic amines) is 1. The molecule has 44 heavy (non-hydrogen) atoms. The van der Waals surface area contributed by atoms with E-state index in [2.05, 4.69) is 25.5 Å². The number of piperidine rings is 1. The highest BCUT2D eigenvalue weighted by atomic mass is 19.1. The van der Waals surface area contributed by atoms with Crippen LogP contribution in [0.4, 0.5) is 21.7 Å². The quantitative estimate of drug-likeness (QED) is 0.161. The minimum atomic E-state index is -0.481. The lowest BCUT2D eigenvalue weighted by atomic mass is 10.1.